The first-order chi connectivity index (χ1) is 9.26. The molecule has 1 aromatic carbocycles. The van der Waals surface area contributed by atoms with E-state index in [1.807, 2.05) is 30.6 Å². The van der Waals surface area contributed by atoms with Crippen LogP contribution in [0.2, 0.25) is 0 Å². The van der Waals surface area contributed by atoms with Crippen LogP contribution in [0.1, 0.15) is 32.5 Å². The van der Waals surface area contributed by atoms with E-state index in [4.69, 9.17) is 10.5 Å². The van der Waals surface area contributed by atoms with E-state index in [1.54, 1.807) is 0 Å². The third-order valence-electron chi connectivity index (χ3n) is 2.93. The molecular formula is C15H21N3O. The number of hydrogen-bond donors (Lipinski definition) is 1. The smallest absolute Gasteiger partial charge is 0.144 e. The molecule has 2 aromatic rings. The van der Waals surface area contributed by atoms with Gasteiger partial charge in [0.05, 0.1) is 18.0 Å². The predicted octanol–water partition coefficient (Wildman–Crippen LogP) is 3.20. The van der Waals surface area contributed by atoms with Crippen molar-refractivity contribution in [2.24, 2.45) is 0 Å². The number of aromatic nitrogens is 2. The highest BCUT2D eigenvalue weighted by Crippen LogP contribution is 2.25. The molecule has 0 fully saturated rings. The molecule has 4 nitrogen and oxygen atoms in total. The molecule has 0 aliphatic carbocycles. The number of anilines is 1. The summed E-state index contributed by atoms with van der Waals surface area (Å²) in [7, 11) is 0. The lowest BCUT2D eigenvalue weighted by Crippen LogP contribution is -2.03. The SMILES string of the molecule is CCCOc1cc(-n2ccnc2CCC)ccc1N. The maximum Gasteiger partial charge on any atom is 0.144 e. The molecule has 2 rings (SSSR count). The number of rotatable bonds is 6. The van der Waals surface area contributed by atoms with E-state index in [0.29, 0.717) is 12.3 Å². The highest BCUT2D eigenvalue weighted by atomic mass is 16.5. The lowest BCUT2D eigenvalue weighted by Gasteiger charge is -2.12. The summed E-state index contributed by atoms with van der Waals surface area (Å²) >= 11 is 0. The molecule has 4 heteroatoms. The van der Waals surface area contributed by atoms with Crippen molar-refractivity contribution in [3.8, 4) is 11.4 Å². The fourth-order valence-electron chi connectivity index (χ4n) is 1.99. The molecule has 1 heterocycles. The largest absolute Gasteiger partial charge is 0.491 e. The highest BCUT2D eigenvalue weighted by Gasteiger charge is 2.07. The van der Waals surface area contributed by atoms with Crippen LogP contribution in [0.15, 0.2) is 30.6 Å². The Hall–Kier alpha value is -1.97. The average Bonchev–Trinajstić information content (AvgIpc) is 2.87. The van der Waals surface area contributed by atoms with Gasteiger partial charge in [-0.1, -0.05) is 13.8 Å². The second-order valence-corrected chi connectivity index (χ2v) is 4.53. The van der Waals surface area contributed by atoms with Gasteiger partial charge in [-0.2, -0.15) is 0 Å². The van der Waals surface area contributed by atoms with Crippen LogP contribution in [-0.4, -0.2) is 16.2 Å². The van der Waals surface area contributed by atoms with Crippen molar-refractivity contribution in [1.29, 1.82) is 0 Å². The van der Waals surface area contributed by atoms with E-state index in [1.165, 1.54) is 0 Å². The standard InChI is InChI=1S/C15H21N3O/c1-3-5-15-17-8-9-18(15)12-6-7-13(16)14(11-12)19-10-4-2/h6-9,11H,3-5,10,16H2,1-2H3. The first-order valence-electron chi connectivity index (χ1n) is 6.81. The van der Waals surface area contributed by atoms with Crippen LogP contribution in [0, 0.1) is 0 Å². The molecule has 0 atom stereocenters. The minimum absolute atomic E-state index is 0.675. The van der Waals surface area contributed by atoms with Gasteiger partial charge in [0.2, 0.25) is 0 Å². The maximum absolute atomic E-state index is 5.93. The second kappa shape index (κ2) is 6.27. The summed E-state index contributed by atoms with van der Waals surface area (Å²) in [4.78, 5) is 4.39. The van der Waals surface area contributed by atoms with E-state index < -0.39 is 0 Å². The molecule has 0 saturated heterocycles. The monoisotopic (exact) mass is 259 g/mol. The van der Waals surface area contributed by atoms with E-state index in [-0.39, 0.29) is 0 Å². The van der Waals surface area contributed by atoms with E-state index in [2.05, 4.69) is 23.4 Å². The van der Waals surface area contributed by atoms with Gasteiger partial charge >= 0.3 is 0 Å². The topological polar surface area (TPSA) is 53.1 Å². The zero-order chi connectivity index (χ0) is 13.7. The van der Waals surface area contributed by atoms with Crippen molar-refractivity contribution >= 4 is 5.69 Å². The van der Waals surface area contributed by atoms with Gasteiger partial charge in [0.15, 0.2) is 0 Å². The van der Waals surface area contributed by atoms with Gasteiger partial charge in [-0.15, -0.1) is 0 Å². The molecule has 0 aliphatic heterocycles. The fraction of sp³-hybridized carbons (Fsp3) is 0.400. The average molecular weight is 259 g/mol. The van der Waals surface area contributed by atoms with Gasteiger partial charge in [0, 0.05) is 24.9 Å². The van der Waals surface area contributed by atoms with Gasteiger partial charge in [-0.3, -0.25) is 0 Å². The molecule has 0 bridgehead atoms. The Morgan fingerprint density at radius 1 is 1.26 bits per heavy atom. The molecule has 0 aliphatic rings. The summed E-state index contributed by atoms with van der Waals surface area (Å²) in [5, 5.41) is 0. The Bertz CT molecular complexity index is 534. The summed E-state index contributed by atoms with van der Waals surface area (Å²) in [6.45, 7) is 4.91. The Morgan fingerprint density at radius 3 is 2.84 bits per heavy atom. The maximum atomic E-state index is 5.93. The lowest BCUT2D eigenvalue weighted by atomic mass is 10.2. The first-order valence-corrected chi connectivity index (χ1v) is 6.81. The van der Waals surface area contributed by atoms with Gasteiger partial charge in [0.1, 0.15) is 11.6 Å². The van der Waals surface area contributed by atoms with Crippen molar-refractivity contribution < 1.29 is 4.74 Å². The zero-order valence-corrected chi connectivity index (χ0v) is 11.6. The Kier molecular flexibility index (Phi) is 4.44. The summed E-state index contributed by atoms with van der Waals surface area (Å²) < 4.78 is 7.75. The summed E-state index contributed by atoms with van der Waals surface area (Å²) in [6, 6.07) is 5.86. The number of ether oxygens (including phenoxy) is 1. The molecule has 0 radical (unpaired) electrons. The third kappa shape index (κ3) is 3.08. The van der Waals surface area contributed by atoms with E-state index >= 15 is 0 Å². The van der Waals surface area contributed by atoms with E-state index in [9.17, 15) is 0 Å². The number of hydrogen-bond acceptors (Lipinski definition) is 3. The number of imidazole rings is 1. The van der Waals surface area contributed by atoms with Crippen LogP contribution in [0.4, 0.5) is 5.69 Å². The predicted molar refractivity (Wildman–Crippen MR) is 77.8 cm³/mol. The molecule has 0 spiro atoms. The number of aryl methyl sites for hydroxylation is 1. The van der Waals surface area contributed by atoms with Crippen molar-refractivity contribution in [2.45, 2.75) is 33.1 Å². The van der Waals surface area contributed by atoms with Crippen molar-refractivity contribution in [3.63, 3.8) is 0 Å². The quantitative estimate of drug-likeness (QED) is 0.810. The van der Waals surface area contributed by atoms with Crippen LogP contribution in [0.5, 0.6) is 5.75 Å². The normalized spacial score (nSPS) is 10.6. The molecule has 19 heavy (non-hydrogen) atoms. The van der Waals surface area contributed by atoms with Crippen molar-refractivity contribution in [3.05, 3.63) is 36.4 Å². The van der Waals surface area contributed by atoms with Crippen LogP contribution >= 0.6 is 0 Å². The number of nitrogens with two attached hydrogens (primary N) is 1. The lowest BCUT2D eigenvalue weighted by molar-refractivity contribution is 0.319. The zero-order valence-electron chi connectivity index (χ0n) is 11.6. The number of nitrogens with zero attached hydrogens (tertiary/aromatic N) is 2. The minimum Gasteiger partial charge on any atom is -0.491 e. The van der Waals surface area contributed by atoms with Crippen LogP contribution in [-0.2, 0) is 6.42 Å². The Balaban J connectivity index is 2.31. The molecule has 1 aromatic heterocycles. The highest BCUT2D eigenvalue weighted by molar-refractivity contribution is 5.57. The number of benzene rings is 1. The molecular weight excluding hydrogens is 238 g/mol. The van der Waals surface area contributed by atoms with Gasteiger partial charge < -0.3 is 15.0 Å². The van der Waals surface area contributed by atoms with E-state index in [0.717, 1.165) is 36.5 Å². The third-order valence-corrected chi connectivity index (χ3v) is 2.93. The van der Waals surface area contributed by atoms with Crippen LogP contribution < -0.4 is 10.5 Å². The molecule has 2 N–H and O–H groups in total. The molecule has 0 unspecified atom stereocenters. The molecule has 0 amide bonds. The number of nitrogen functional groups attached to an aromatic ring is 1. The summed E-state index contributed by atoms with van der Waals surface area (Å²) in [6.07, 6.45) is 6.80. The fourth-order valence-corrected chi connectivity index (χ4v) is 1.99. The minimum atomic E-state index is 0.675. The summed E-state index contributed by atoms with van der Waals surface area (Å²) in [5.41, 5.74) is 7.65. The van der Waals surface area contributed by atoms with Crippen molar-refractivity contribution in [1.82, 2.24) is 9.55 Å². The first kappa shape index (κ1) is 13.5. The summed E-state index contributed by atoms with van der Waals surface area (Å²) in [5.74, 6) is 1.81. The molecule has 0 saturated carbocycles. The second-order valence-electron chi connectivity index (χ2n) is 4.53. The Morgan fingerprint density at radius 2 is 2.11 bits per heavy atom. The van der Waals surface area contributed by atoms with Crippen molar-refractivity contribution in [2.75, 3.05) is 12.3 Å². The van der Waals surface area contributed by atoms with Crippen LogP contribution in [0.3, 0.4) is 0 Å². The van der Waals surface area contributed by atoms with Crippen LogP contribution in [0.25, 0.3) is 5.69 Å². The Labute approximate surface area is 114 Å². The van der Waals surface area contributed by atoms with Gasteiger partial charge in [-0.25, -0.2) is 4.98 Å². The van der Waals surface area contributed by atoms with Gasteiger partial charge in [0.25, 0.3) is 0 Å². The molecule has 102 valence electrons. The van der Waals surface area contributed by atoms with Gasteiger partial charge in [-0.05, 0) is 25.0 Å².